The molecule has 0 aliphatic rings. The Balaban J connectivity index is 0.000000531. The number of halogens is 1. The van der Waals surface area contributed by atoms with Crippen LogP contribution in [-0.2, 0) is 0 Å². The second kappa shape index (κ2) is 5.47. The van der Waals surface area contributed by atoms with Gasteiger partial charge in [0.15, 0.2) is 0 Å². The number of aromatic nitrogens is 1. The Bertz CT molecular complexity index is 500. The van der Waals surface area contributed by atoms with Crippen LogP contribution in [0.4, 0.5) is 0 Å². The summed E-state index contributed by atoms with van der Waals surface area (Å²) >= 11 is 3.33. The van der Waals surface area contributed by atoms with Crippen LogP contribution in [0.3, 0.4) is 0 Å². The maximum Gasteiger partial charge on any atom is 0.101 e. The fourth-order valence-electron chi connectivity index (χ4n) is 1.24. The highest BCUT2D eigenvalue weighted by Crippen LogP contribution is 2.23. The van der Waals surface area contributed by atoms with Gasteiger partial charge in [-0.15, -0.1) is 0 Å². The van der Waals surface area contributed by atoms with Crippen LogP contribution >= 0.6 is 15.9 Å². The van der Waals surface area contributed by atoms with Crippen LogP contribution in [0, 0.1) is 11.3 Å². The summed E-state index contributed by atoms with van der Waals surface area (Å²) in [4.78, 5) is 4.16. The maximum atomic E-state index is 8.91. The number of nitrogens with zero attached hydrogens (tertiary/aromatic N) is 2. The van der Waals surface area contributed by atoms with Gasteiger partial charge in [0.2, 0.25) is 0 Å². The molecule has 0 fully saturated rings. The molecular formula is C12H11BrN2. The highest BCUT2D eigenvalue weighted by molar-refractivity contribution is 9.10. The van der Waals surface area contributed by atoms with Crippen molar-refractivity contribution in [1.82, 2.24) is 4.98 Å². The zero-order valence-corrected chi connectivity index (χ0v) is 10.2. The van der Waals surface area contributed by atoms with Gasteiger partial charge in [-0.1, -0.05) is 13.8 Å². The van der Waals surface area contributed by atoms with Crippen molar-refractivity contribution in [2.45, 2.75) is 13.8 Å². The second-order valence-corrected chi connectivity index (χ2v) is 3.46. The third-order valence-electron chi connectivity index (χ3n) is 1.85. The van der Waals surface area contributed by atoms with Crippen molar-refractivity contribution < 1.29 is 0 Å². The molecule has 0 amide bonds. The van der Waals surface area contributed by atoms with E-state index in [0.717, 1.165) is 15.4 Å². The molecule has 2 nitrogen and oxygen atoms in total. The van der Waals surface area contributed by atoms with E-state index in [-0.39, 0.29) is 0 Å². The molecule has 1 aromatic carbocycles. The van der Waals surface area contributed by atoms with E-state index in [1.54, 1.807) is 6.20 Å². The van der Waals surface area contributed by atoms with Crippen LogP contribution in [0.25, 0.3) is 10.9 Å². The molecule has 0 spiro atoms. The van der Waals surface area contributed by atoms with Gasteiger partial charge in [0, 0.05) is 16.1 Å². The Labute approximate surface area is 97.7 Å². The lowest BCUT2D eigenvalue weighted by Crippen LogP contribution is -1.83. The summed E-state index contributed by atoms with van der Waals surface area (Å²) in [5.74, 6) is 0. The highest BCUT2D eigenvalue weighted by atomic mass is 79.9. The summed E-state index contributed by atoms with van der Waals surface area (Å²) in [6, 6.07) is 9.61. The standard InChI is InChI=1S/C10H5BrN2.C2H6/c11-9-3-4-10-7(8(9)6-12)2-1-5-13-10;1-2/h1-5H;1-2H3. The Hall–Kier alpha value is -1.40. The molecule has 0 bridgehead atoms. The van der Waals surface area contributed by atoms with Crippen molar-refractivity contribution >= 4 is 26.8 Å². The zero-order valence-electron chi connectivity index (χ0n) is 8.66. The Morgan fingerprint density at radius 1 is 1.27 bits per heavy atom. The topological polar surface area (TPSA) is 36.7 Å². The minimum absolute atomic E-state index is 0.644. The Kier molecular flexibility index (Phi) is 4.26. The largest absolute Gasteiger partial charge is 0.256 e. The smallest absolute Gasteiger partial charge is 0.101 e. The van der Waals surface area contributed by atoms with Crippen LogP contribution in [0.1, 0.15) is 19.4 Å². The normalized spacial score (nSPS) is 8.93. The number of hydrogen-bond acceptors (Lipinski definition) is 2. The van der Waals surface area contributed by atoms with Crippen molar-refractivity contribution in [3.8, 4) is 6.07 Å². The monoisotopic (exact) mass is 262 g/mol. The molecule has 0 radical (unpaired) electrons. The van der Waals surface area contributed by atoms with Gasteiger partial charge < -0.3 is 0 Å². The lowest BCUT2D eigenvalue weighted by atomic mass is 10.1. The lowest BCUT2D eigenvalue weighted by Gasteiger charge is -1.99. The average molecular weight is 263 g/mol. The molecule has 1 heterocycles. The van der Waals surface area contributed by atoms with E-state index in [2.05, 4.69) is 27.0 Å². The predicted octanol–water partition coefficient (Wildman–Crippen LogP) is 3.90. The molecule has 0 saturated carbocycles. The number of hydrogen-bond donors (Lipinski definition) is 0. The highest BCUT2D eigenvalue weighted by Gasteiger charge is 2.04. The number of rotatable bonds is 0. The quantitative estimate of drug-likeness (QED) is 0.722. The van der Waals surface area contributed by atoms with E-state index in [9.17, 15) is 0 Å². The second-order valence-electron chi connectivity index (χ2n) is 2.60. The lowest BCUT2D eigenvalue weighted by molar-refractivity contribution is 1.40. The van der Waals surface area contributed by atoms with E-state index < -0.39 is 0 Å². The van der Waals surface area contributed by atoms with Crippen molar-refractivity contribution in [2.75, 3.05) is 0 Å². The molecule has 0 N–H and O–H groups in total. The van der Waals surface area contributed by atoms with Crippen molar-refractivity contribution in [2.24, 2.45) is 0 Å². The summed E-state index contributed by atoms with van der Waals surface area (Å²) in [6.07, 6.45) is 1.72. The predicted molar refractivity (Wildman–Crippen MR) is 65.5 cm³/mol. The third kappa shape index (κ3) is 2.34. The van der Waals surface area contributed by atoms with Gasteiger partial charge in [-0.25, -0.2) is 0 Å². The molecule has 0 saturated heterocycles. The fraction of sp³-hybridized carbons (Fsp3) is 0.167. The first-order chi connectivity index (χ1) is 7.33. The summed E-state index contributed by atoms with van der Waals surface area (Å²) in [7, 11) is 0. The molecule has 0 atom stereocenters. The SMILES string of the molecule is CC.N#Cc1c(Br)ccc2ncccc12. The molecule has 2 aromatic rings. The van der Waals surface area contributed by atoms with Crippen molar-refractivity contribution in [3.63, 3.8) is 0 Å². The first-order valence-electron chi connectivity index (χ1n) is 4.76. The van der Waals surface area contributed by atoms with E-state index in [1.807, 2.05) is 38.1 Å². The summed E-state index contributed by atoms with van der Waals surface area (Å²) < 4.78 is 0.815. The van der Waals surface area contributed by atoms with Crippen molar-refractivity contribution in [1.29, 1.82) is 5.26 Å². The molecular weight excluding hydrogens is 252 g/mol. The average Bonchev–Trinajstić information content (AvgIpc) is 2.32. The molecule has 2 rings (SSSR count). The number of benzene rings is 1. The van der Waals surface area contributed by atoms with E-state index >= 15 is 0 Å². The van der Waals surface area contributed by atoms with Gasteiger partial charge in [-0.2, -0.15) is 5.26 Å². The molecule has 0 unspecified atom stereocenters. The molecule has 15 heavy (non-hydrogen) atoms. The van der Waals surface area contributed by atoms with Gasteiger partial charge in [-0.05, 0) is 40.2 Å². The summed E-state index contributed by atoms with van der Waals surface area (Å²) in [5.41, 5.74) is 1.49. The van der Waals surface area contributed by atoms with Gasteiger partial charge in [0.05, 0.1) is 11.1 Å². The zero-order chi connectivity index (χ0) is 11.3. The first-order valence-corrected chi connectivity index (χ1v) is 5.55. The van der Waals surface area contributed by atoms with Crippen molar-refractivity contribution in [3.05, 3.63) is 40.5 Å². The Morgan fingerprint density at radius 2 is 2.00 bits per heavy atom. The summed E-state index contributed by atoms with van der Waals surface area (Å²) in [6.45, 7) is 4.00. The molecule has 0 aliphatic heterocycles. The van der Waals surface area contributed by atoms with Crippen LogP contribution < -0.4 is 0 Å². The van der Waals surface area contributed by atoms with Crippen LogP contribution in [0.2, 0.25) is 0 Å². The van der Waals surface area contributed by atoms with Crippen LogP contribution in [-0.4, -0.2) is 4.98 Å². The number of fused-ring (bicyclic) bond motifs is 1. The van der Waals surface area contributed by atoms with Gasteiger partial charge in [0.25, 0.3) is 0 Å². The van der Waals surface area contributed by atoms with E-state index in [1.165, 1.54) is 0 Å². The van der Waals surface area contributed by atoms with Crippen LogP contribution in [0.5, 0.6) is 0 Å². The van der Waals surface area contributed by atoms with Gasteiger partial charge in [0.1, 0.15) is 6.07 Å². The van der Waals surface area contributed by atoms with Gasteiger partial charge in [-0.3, -0.25) is 4.98 Å². The van der Waals surface area contributed by atoms with E-state index in [0.29, 0.717) is 5.56 Å². The maximum absolute atomic E-state index is 8.91. The minimum Gasteiger partial charge on any atom is -0.256 e. The molecule has 1 aromatic heterocycles. The Morgan fingerprint density at radius 3 is 2.67 bits per heavy atom. The number of pyridine rings is 1. The molecule has 3 heteroatoms. The summed E-state index contributed by atoms with van der Waals surface area (Å²) in [5, 5.41) is 9.80. The molecule has 76 valence electrons. The van der Waals surface area contributed by atoms with E-state index in [4.69, 9.17) is 5.26 Å². The molecule has 0 aliphatic carbocycles. The number of nitriles is 1. The first kappa shape index (κ1) is 11.7. The fourth-order valence-corrected chi connectivity index (χ4v) is 1.67. The van der Waals surface area contributed by atoms with Gasteiger partial charge >= 0.3 is 0 Å². The third-order valence-corrected chi connectivity index (χ3v) is 2.51. The minimum atomic E-state index is 0.644. The van der Waals surface area contributed by atoms with Crippen LogP contribution in [0.15, 0.2) is 34.9 Å².